The molecule has 2 amide bonds. The Labute approximate surface area is 240 Å². The largest absolute Gasteiger partial charge is 0.352 e. The third-order valence-electron chi connectivity index (χ3n) is 7.79. The SMILES string of the molecule is CS(=O)(=O)c1ccc([C@@H](CC2CCCC2)C(=O)Nc2ccn(Cc3cccc(C(=O)NCC4CC4)c3)n2)cc1Cl. The van der Waals surface area contributed by atoms with Crippen LogP contribution in [0.3, 0.4) is 0 Å². The van der Waals surface area contributed by atoms with Crippen molar-refractivity contribution in [3.05, 3.63) is 76.4 Å². The van der Waals surface area contributed by atoms with Crippen LogP contribution in [0.2, 0.25) is 5.02 Å². The highest BCUT2D eigenvalue weighted by Crippen LogP contribution is 2.36. The first-order valence-corrected chi connectivity index (χ1v) is 16.1. The Hall–Kier alpha value is -3.17. The molecule has 2 aliphatic carbocycles. The van der Waals surface area contributed by atoms with Crippen molar-refractivity contribution in [3.8, 4) is 0 Å². The zero-order valence-corrected chi connectivity index (χ0v) is 24.2. The summed E-state index contributed by atoms with van der Waals surface area (Å²) in [4.78, 5) is 26.1. The van der Waals surface area contributed by atoms with Crippen molar-refractivity contribution in [2.75, 3.05) is 18.1 Å². The summed E-state index contributed by atoms with van der Waals surface area (Å²) < 4.78 is 25.8. The summed E-state index contributed by atoms with van der Waals surface area (Å²) in [6.07, 6.45) is 10.4. The summed E-state index contributed by atoms with van der Waals surface area (Å²) in [7, 11) is -3.47. The maximum absolute atomic E-state index is 13.5. The number of sulfone groups is 1. The first kappa shape index (κ1) is 28.4. The number of carbonyl (C=O) groups is 2. The average Bonchev–Trinajstić information content (AvgIpc) is 3.40. The van der Waals surface area contributed by atoms with Gasteiger partial charge in [-0.3, -0.25) is 14.3 Å². The van der Waals surface area contributed by atoms with E-state index in [2.05, 4.69) is 15.7 Å². The Morgan fingerprint density at radius 3 is 2.52 bits per heavy atom. The highest BCUT2D eigenvalue weighted by Gasteiger charge is 2.28. The van der Waals surface area contributed by atoms with Crippen molar-refractivity contribution in [1.29, 1.82) is 0 Å². The number of hydrogen-bond acceptors (Lipinski definition) is 5. The first-order valence-electron chi connectivity index (χ1n) is 13.9. The predicted molar refractivity (Wildman–Crippen MR) is 155 cm³/mol. The van der Waals surface area contributed by atoms with E-state index in [0.29, 0.717) is 41.7 Å². The van der Waals surface area contributed by atoms with Gasteiger partial charge in [0.05, 0.1) is 22.4 Å². The lowest BCUT2D eigenvalue weighted by molar-refractivity contribution is -0.118. The lowest BCUT2D eigenvalue weighted by Gasteiger charge is -2.21. The normalized spacial score (nSPS) is 16.6. The van der Waals surface area contributed by atoms with Crippen LogP contribution < -0.4 is 10.6 Å². The fourth-order valence-electron chi connectivity index (χ4n) is 5.40. The molecule has 10 heteroatoms. The van der Waals surface area contributed by atoms with Crippen LogP contribution in [0.1, 0.15) is 72.3 Å². The van der Waals surface area contributed by atoms with Gasteiger partial charge in [0.15, 0.2) is 15.7 Å². The predicted octanol–water partition coefficient (Wildman–Crippen LogP) is 5.43. The molecule has 2 aromatic carbocycles. The van der Waals surface area contributed by atoms with Gasteiger partial charge in [-0.05, 0) is 66.5 Å². The second-order valence-corrected chi connectivity index (χ2v) is 13.5. The molecule has 2 aliphatic rings. The molecule has 0 radical (unpaired) electrons. The fraction of sp³-hybridized carbons (Fsp3) is 0.433. The van der Waals surface area contributed by atoms with E-state index in [9.17, 15) is 18.0 Å². The molecule has 1 aromatic heterocycles. The number of halogens is 1. The molecule has 212 valence electrons. The van der Waals surface area contributed by atoms with Crippen LogP contribution in [0.4, 0.5) is 5.82 Å². The maximum Gasteiger partial charge on any atom is 0.251 e. The molecule has 2 saturated carbocycles. The minimum Gasteiger partial charge on any atom is -0.352 e. The molecule has 0 aliphatic heterocycles. The molecule has 3 aromatic rings. The van der Waals surface area contributed by atoms with Crippen molar-refractivity contribution in [1.82, 2.24) is 15.1 Å². The number of aromatic nitrogens is 2. The number of nitrogens with zero attached hydrogens (tertiary/aromatic N) is 2. The van der Waals surface area contributed by atoms with Crippen LogP contribution in [-0.2, 0) is 21.2 Å². The number of benzene rings is 2. The Bertz CT molecular complexity index is 1490. The van der Waals surface area contributed by atoms with Gasteiger partial charge in [0.2, 0.25) is 5.91 Å². The number of carbonyl (C=O) groups excluding carboxylic acids is 2. The lowest BCUT2D eigenvalue weighted by Crippen LogP contribution is -2.25. The van der Waals surface area contributed by atoms with Gasteiger partial charge in [-0.1, -0.05) is 55.5 Å². The number of hydrogen-bond donors (Lipinski definition) is 2. The van der Waals surface area contributed by atoms with Crippen LogP contribution in [-0.4, -0.2) is 42.8 Å². The number of anilines is 1. The van der Waals surface area contributed by atoms with Crippen LogP contribution >= 0.6 is 11.6 Å². The Morgan fingerprint density at radius 1 is 1.05 bits per heavy atom. The molecule has 40 heavy (non-hydrogen) atoms. The number of rotatable bonds is 11. The van der Waals surface area contributed by atoms with Crippen molar-refractivity contribution in [3.63, 3.8) is 0 Å². The lowest BCUT2D eigenvalue weighted by atomic mass is 9.87. The summed E-state index contributed by atoms with van der Waals surface area (Å²) in [5.74, 6) is 0.723. The molecular formula is C30H35ClN4O4S. The monoisotopic (exact) mass is 582 g/mol. The molecule has 0 spiro atoms. The van der Waals surface area contributed by atoms with E-state index in [-0.39, 0.29) is 21.7 Å². The molecule has 0 saturated heterocycles. The smallest absolute Gasteiger partial charge is 0.251 e. The quantitative estimate of drug-likeness (QED) is 0.313. The maximum atomic E-state index is 13.5. The highest BCUT2D eigenvalue weighted by molar-refractivity contribution is 7.90. The second kappa shape index (κ2) is 12.1. The summed E-state index contributed by atoms with van der Waals surface area (Å²) in [5.41, 5.74) is 2.24. The molecule has 0 unspecified atom stereocenters. The number of amides is 2. The Morgan fingerprint density at radius 2 is 1.82 bits per heavy atom. The van der Waals surface area contributed by atoms with E-state index in [1.165, 1.54) is 18.9 Å². The highest BCUT2D eigenvalue weighted by atomic mass is 35.5. The van der Waals surface area contributed by atoms with E-state index in [1.54, 1.807) is 35.1 Å². The summed E-state index contributed by atoms with van der Waals surface area (Å²) >= 11 is 6.33. The third-order valence-corrected chi connectivity index (χ3v) is 9.37. The van der Waals surface area contributed by atoms with Gasteiger partial charge < -0.3 is 10.6 Å². The Kier molecular flexibility index (Phi) is 8.61. The van der Waals surface area contributed by atoms with Gasteiger partial charge in [0.25, 0.3) is 5.91 Å². The zero-order chi connectivity index (χ0) is 28.3. The van der Waals surface area contributed by atoms with E-state index < -0.39 is 15.8 Å². The van der Waals surface area contributed by atoms with Gasteiger partial charge in [-0.15, -0.1) is 0 Å². The molecule has 1 heterocycles. The van der Waals surface area contributed by atoms with Crippen molar-refractivity contribution in [2.45, 2.75) is 62.3 Å². The minimum absolute atomic E-state index is 0.0566. The van der Waals surface area contributed by atoms with Crippen molar-refractivity contribution in [2.24, 2.45) is 11.8 Å². The van der Waals surface area contributed by atoms with E-state index in [1.807, 2.05) is 18.2 Å². The van der Waals surface area contributed by atoms with Gasteiger partial charge in [-0.2, -0.15) is 5.10 Å². The van der Waals surface area contributed by atoms with E-state index >= 15 is 0 Å². The van der Waals surface area contributed by atoms with Crippen LogP contribution in [0, 0.1) is 11.8 Å². The molecular weight excluding hydrogens is 548 g/mol. The summed E-state index contributed by atoms with van der Waals surface area (Å²) in [6.45, 7) is 1.18. The minimum atomic E-state index is -3.47. The van der Waals surface area contributed by atoms with Crippen LogP contribution in [0.15, 0.2) is 59.6 Å². The first-order chi connectivity index (χ1) is 19.2. The molecule has 5 rings (SSSR count). The van der Waals surface area contributed by atoms with Gasteiger partial charge in [0, 0.05) is 30.6 Å². The summed E-state index contributed by atoms with van der Waals surface area (Å²) in [6, 6.07) is 14.0. The van der Waals surface area contributed by atoms with Gasteiger partial charge >= 0.3 is 0 Å². The van der Waals surface area contributed by atoms with Gasteiger partial charge in [0.1, 0.15) is 0 Å². The summed E-state index contributed by atoms with van der Waals surface area (Å²) in [5, 5.41) is 10.6. The molecule has 2 N–H and O–H groups in total. The molecule has 1 atom stereocenters. The molecule has 2 fully saturated rings. The van der Waals surface area contributed by atoms with E-state index in [0.717, 1.165) is 44.0 Å². The van der Waals surface area contributed by atoms with Crippen molar-refractivity contribution >= 4 is 39.1 Å². The average molecular weight is 583 g/mol. The second-order valence-electron chi connectivity index (χ2n) is 11.1. The van der Waals surface area contributed by atoms with Gasteiger partial charge in [-0.25, -0.2) is 8.42 Å². The fourth-order valence-corrected chi connectivity index (χ4v) is 6.74. The van der Waals surface area contributed by atoms with E-state index in [4.69, 9.17) is 11.6 Å². The van der Waals surface area contributed by atoms with Crippen LogP contribution in [0.25, 0.3) is 0 Å². The third kappa shape index (κ3) is 7.31. The molecule has 8 nitrogen and oxygen atoms in total. The van der Waals surface area contributed by atoms with Crippen molar-refractivity contribution < 1.29 is 18.0 Å². The Balaban J connectivity index is 1.27. The molecule has 0 bridgehead atoms. The van der Waals surface area contributed by atoms with Crippen LogP contribution in [0.5, 0.6) is 0 Å². The standard InChI is InChI=1S/C30H35ClN4O4S/c1-40(38,39)27-12-11-23(17-26(27)31)25(16-20-5-2-3-6-20)30(37)33-28-13-14-35(34-28)19-22-7-4-8-24(15-22)29(36)32-18-21-9-10-21/h4,7-8,11-15,17,20-21,25H,2-3,5-6,9-10,16,18-19H2,1H3,(H,32,36)(H,33,34,37)/t25-/m1/s1. The topological polar surface area (TPSA) is 110 Å². The number of nitrogens with one attached hydrogen (secondary N) is 2. The zero-order valence-electron chi connectivity index (χ0n) is 22.6.